The Morgan fingerprint density at radius 2 is 2.00 bits per heavy atom. The lowest BCUT2D eigenvalue weighted by Crippen LogP contribution is -2.49. The molecule has 17 heavy (non-hydrogen) atoms. The van der Waals surface area contributed by atoms with Gasteiger partial charge in [-0.05, 0) is 18.8 Å². The van der Waals surface area contributed by atoms with E-state index >= 15 is 0 Å². The molecule has 6 heteroatoms. The molecule has 0 spiro atoms. The van der Waals surface area contributed by atoms with Crippen molar-refractivity contribution in [3.8, 4) is 0 Å². The first-order chi connectivity index (χ1) is 8.04. The predicted octanol–water partition coefficient (Wildman–Crippen LogP) is 0.263. The van der Waals surface area contributed by atoms with Gasteiger partial charge in [0.05, 0.1) is 6.61 Å². The third kappa shape index (κ3) is 4.22. The van der Waals surface area contributed by atoms with Gasteiger partial charge in [-0.3, -0.25) is 0 Å². The minimum absolute atomic E-state index is 0.446. The van der Waals surface area contributed by atoms with Gasteiger partial charge in [-0.25, -0.2) is 9.59 Å². The molecule has 0 aromatic rings. The van der Waals surface area contributed by atoms with Crippen LogP contribution in [0.5, 0.6) is 0 Å². The van der Waals surface area contributed by atoms with E-state index in [2.05, 4.69) is 5.32 Å². The molecule has 0 aromatic heterocycles. The quantitative estimate of drug-likeness (QED) is 0.647. The number of aliphatic hydroxyl groups is 1. The van der Waals surface area contributed by atoms with Gasteiger partial charge in [-0.2, -0.15) is 0 Å². The van der Waals surface area contributed by atoms with Gasteiger partial charge >= 0.3 is 12.0 Å². The second kappa shape index (κ2) is 6.44. The van der Waals surface area contributed by atoms with Gasteiger partial charge in [0.15, 0.2) is 6.04 Å². The van der Waals surface area contributed by atoms with Gasteiger partial charge in [-0.15, -0.1) is 0 Å². The Hall–Kier alpha value is -1.30. The summed E-state index contributed by atoms with van der Waals surface area (Å²) in [5.74, 6) is -0.710. The molecule has 2 amide bonds. The molecule has 1 fully saturated rings. The number of aliphatic hydroxyl groups excluding tert-OH is 1. The maximum absolute atomic E-state index is 11.6. The average molecular weight is 244 g/mol. The molecular weight excluding hydrogens is 224 g/mol. The number of hydrogen-bond acceptors (Lipinski definition) is 3. The second-order valence-electron chi connectivity index (χ2n) is 4.55. The summed E-state index contributed by atoms with van der Waals surface area (Å²) in [7, 11) is 1.64. The fourth-order valence-electron chi connectivity index (χ4n) is 2.11. The zero-order chi connectivity index (χ0) is 12.8. The minimum Gasteiger partial charge on any atom is -0.480 e. The lowest BCUT2D eigenvalue weighted by atomic mass is 10.1. The lowest BCUT2D eigenvalue weighted by Gasteiger charge is -2.23. The van der Waals surface area contributed by atoms with Crippen molar-refractivity contribution in [2.75, 3.05) is 20.2 Å². The maximum Gasteiger partial charge on any atom is 0.328 e. The Bertz CT molecular complexity index is 277. The molecule has 0 heterocycles. The first kappa shape index (κ1) is 13.8. The number of carboxylic acid groups (broad SMARTS) is 1. The van der Waals surface area contributed by atoms with Gasteiger partial charge in [0.25, 0.3) is 0 Å². The molecule has 1 aliphatic rings. The predicted molar refractivity (Wildman–Crippen MR) is 61.6 cm³/mol. The number of nitrogens with zero attached hydrogens (tertiary/aromatic N) is 1. The van der Waals surface area contributed by atoms with Crippen molar-refractivity contribution in [1.29, 1.82) is 0 Å². The van der Waals surface area contributed by atoms with Crippen molar-refractivity contribution in [3.63, 3.8) is 0 Å². The fourth-order valence-corrected chi connectivity index (χ4v) is 2.11. The highest BCUT2D eigenvalue weighted by Crippen LogP contribution is 2.25. The number of carbonyl (C=O) groups is 2. The molecule has 1 aliphatic carbocycles. The van der Waals surface area contributed by atoms with Crippen molar-refractivity contribution in [2.45, 2.75) is 31.7 Å². The highest BCUT2D eigenvalue weighted by Gasteiger charge is 2.23. The van der Waals surface area contributed by atoms with Crippen LogP contribution in [0, 0.1) is 5.92 Å². The Balaban J connectivity index is 2.37. The Labute approximate surface area is 101 Å². The average Bonchev–Trinajstić information content (AvgIpc) is 2.77. The number of amides is 2. The van der Waals surface area contributed by atoms with Crippen molar-refractivity contribution in [2.24, 2.45) is 5.92 Å². The number of urea groups is 1. The SMILES string of the molecule is CN(CC1CCCC1)C(=O)N[C@@H](CO)C(=O)O. The summed E-state index contributed by atoms with van der Waals surface area (Å²) in [4.78, 5) is 23.8. The van der Waals surface area contributed by atoms with E-state index in [-0.39, 0.29) is 0 Å². The molecule has 0 unspecified atom stereocenters. The summed E-state index contributed by atoms with van der Waals surface area (Å²) in [5, 5.41) is 19.8. The van der Waals surface area contributed by atoms with Gasteiger partial charge in [0.1, 0.15) is 0 Å². The summed E-state index contributed by atoms with van der Waals surface area (Å²) in [6.45, 7) is 0.0436. The van der Waals surface area contributed by atoms with Crippen molar-refractivity contribution in [3.05, 3.63) is 0 Å². The summed E-state index contributed by atoms with van der Waals surface area (Å²) >= 11 is 0. The molecule has 0 saturated heterocycles. The molecule has 0 bridgehead atoms. The third-order valence-electron chi connectivity index (χ3n) is 3.13. The first-order valence-electron chi connectivity index (χ1n) is 5.90. The van der Waals surface area contributed by atoms with Crippen LogP contribution in [-0.4, -0.2) is 53.4 Å². The van der Waals surface area contributed by atoms with E-state index in [1.807, 2.05) is 0 Å². The molecule has 1 saturated carbocycles. The zero-order valence-electron chi connectivity index (χ0n) is 10.1. The van der Waals surface area contributed by atoms with E-state index in [9.17, 15) is 9.59 Å². The number of carboxylic acids is 1. The molecule has 3 N–H and O–H groups in total. The molecule has 0 aliphatic heterocycles. The van der Waals surface area contributed by atoms with E-state index in [4.69, 9.17) is 10.2 Å². The number of carbonyl (C=O) groups excluding carboxylic acids is 1. The van der Waals surface area contributed by atoms with E-state index < -0.39 is 24.6 Å². The number of hydrogen-bond donors (Lipinski definition) is 3. The lowest BCUT2D eigenvalue weighted by molar-refractivity contribution is -0.140. The molecule has 6 nitrogen and oxygen atoms in total. The largest absolute Gasteiger partial charge is 0.480 e. The highest BCUT2D eigenvalue weighted by atomic mass is 16.4. The van der Waals surface area contributed by atoms with Crippen molar-refractivity contribution < 1.29 is 19.8 Å². The van der Waals surface area contributed by atoms with E-state index in [0.717, 1.165) is 12.8 Å². The van der Waals surface area contributed by atoms with Crippen LogP contribution in [0.1, 0.15) is 25.7 Å². The van der Waals surface area contributed by atoms with E-state index in [1.54, 1.807) is 7.05 Å². The Morgan fingerprint density at radius 3 is 2.47 bits per heavy atom. The molecule has 0 radical (unpaired) electrons. The number of rotatable bonds is 5. The monoisotopic (exact) mass is 244 g/mol. The van der Waals surface area contributed by atoms with Crippen molar-refractivity contribution >= 4 is 12.0 Å². The van der Waals surface area contributed by atoms with Crippen LogP contribution in [0.4, 0.5) is 4.79 Å². The minimum atomic E-state index is -1.23. The molecule has 1 rings (SSSR count). The van der Waals surface area contributed by atoms with Crippen molar-refractivity contribution in [1.82, 2.24) is 10.2 Å². The van der Waals surface area contributed by atoms with E-state index in [0.29, 0.717) is 12.5 Å². The number of nitrogens with one attached hydrogen (secondary N) is 1. The van der Waals surface area contributed by atoms with E-state index in [1.165, 1.54) is 17.7 Å². The van der Waals surface area contributed by atoms with Crippen LogP contribution in [-0.2, 0) is 4.79 Å². The molecule has 1 atom stereocenters. The second-order valence-corrected chi connectivity index (χ2v) is 4.55. The fraction of sp³-hybridized carbons (Fsp3) is 0.818. The standard InChI is InChI=1S/C11H20N2O4/c1-13(6-8-4-2-3-5-8)11(17)12-9(7-14)10(15)16/h8-9,14H,2-7H2,1H3,(H,12,17)(H,15,16)/t9-/m0/s1. The maximum atomic E-state index is 11.6. The van der Waals surface area contributed by atoms with Crippen LogP contribution >= 0.6 is 0 Å². The van der Waals surface area contributed by atoms with Crippen LogP contribution in [0.25, 0.3) is 0 Å². The van der Waals surface area contributed by atoms with Gasteiger partial charge in [0, 0.05) is 13.6 Å². The summed E-state index contributed by atoms with van der Waals surface area (Å²) in [6, 6.07) is -1.67. The Morgan fingerprint density at radius 1 is 1.41 bits per heavy atom. The smallest absolute Gasteiger partial charge is 0.328 e. The zero-order valence-corrected chi connectivity index (χ0v) is 10.1. The molecule has 0 aromatic carbocycles. The molecule has 98 valence electrons. The van der Waals surface area contributed by atoms with Crippen LogP contribution in [0.15, 0.2) is 0 Å². The topological polar surface area (TPSA) is 89.9 Å². The summed E-state index contributed by atoms with van der Waals surface area (Å²) < 4.78 is 0. The van der Waals surface area contributed by atoms with Gasteiger partial charge in [0.2, 0.25) is 0 Å². The summed E-state index contributed by atoms with van der Waals surface area (Å²) in [5.41, 5.74) is 0. The van der Waals surface area contributed by atoms with Crippen LogP contribution in [0.3, 0.4) is 0 Å². The van der Waals surface area contributed by atoms with Gasteiger partial charge in [-0.1, -0.05) is 12.8 Å². The first-order valence-corrected chi connectivity index (χ1v) is 5.90. The van der Waals surface area contributed by atoms with Crippen LogP contribution in [0.2, 0.25) is 0 Å². The third-order valence-corrected chi connectivity index (χ3v) is 3.13. The van der Waals surface area contributed by atoms with Gasteiger partial charge < -0.3 is 20.4 Å². The molecular formula is C11H20N2O4. The number of aliphatic carboxylic acids is 1. The summed E-state index contributed by atoms with van der Waals surface area (Å²) in [6.07, 6.45) is 4.66. The Kier molecular flexibility index (Phi) is 5.21. The highest BCUT2D eigenvalue weighted by molar-refractivity contribution is 5.82. The normalized spacial score (nSPS) is 17.8. The van der Waals surface area contributed by atoms with Crippen LogP contribution < -0.4 is 5.32 Å².